The largest absolute Gasteiger partial charge is 0.478 e. The van der Waals surface area contributed by atoms with E-state index in [1.54, 1.807) is 19.1 Å². The summed E-state index contributed by atoms with van der Waals surface area (Å²) in [6.07, 6.45) is 0. The summed E-state index contributed by atoms with van der Waals surface area (Å²) in [6, 6.07) is 3.34. The van der Waals surface area contributed by atoms with Gasteiger partial charge in [-0.25, -0.2) is 4.79 Å². The van der Waals surface area contributed by atoms with E-state index in [1.165, 1.54) is 0 Å². The Bertz CT molecular complexity index is 637. The zero-order valence-corrected chi connectivity index (χ0v) is 13.4. The molecule has 19 heavy (non-hydrogen) atoms. The summed E-state index contributed by atoms with van der Waals surface area (Å²) < 4.78 is 4.76. The first kappa shape index (κ1) is 14.6. The summed E-state index contributed by atoms with van der Waals surface area (Å²) in [7, 11) is 0. The van der Waals surface area contributed by atoms with Gasteiger partial charge in [0.25, 0.3) is 0 Å². The molecule has 0 unspecified atom stereocenters. The number of nitrogens with zero attached hydrogens (tertiary/aromatic N) is 1. The molecule has 0 aliphatic carbocycles. The number of hydrogen-bond acceptors (Lipinski definition) is 4. The maximum Gasteiger partial charge on any atom is 0.340 e. The normalized spacial score (nSPS) is 10.5. The number of carboxylic acids is 1. The fourth-order valence-electron chi connectivity index (χ4n) is 1.48. The van der Waals surface area contributed by atoms with Gasteiger partial charge in [0.15, 0.2) is 0 Å². The molecule has 0 fully saturated rings. The second kappa shape index (κ2) is 5.66. The molecule has 0 spiro atoms. The predicted octanol–water partition coefficient (Wildman–Crippen LogP) is 4.96. The molecule has 0 aliphatic heterocycles. The molecule has 0 saturated heterocycles. The third-order valence-corrected chi connectivity index (χ3v) is 4.23. The van der Waals surface area contributed by atoms with E-state index < -0.39 is 5.97 Å². The van der Waals surface area contributed by atoms with Crippen molar-refractivity contribution in [2.75, 3.05) is 5.32 Å². The van der Waals surface area contributed by atoms with Crippen LogP contribution in [0.5, 0.6) is 0 Å². The maximum atomic E-state index is 11.2. The summed E-state index contributed by atoms with van der Waals surface area (Å²) >= 11 is 16.5. The quantitative estimate of drug-likeness (QED) is 0.788. The standard InChI is InChI=1S/C11H7BrCl2N2O2S/c1-4-8(11(17)18)10(19-16-4)15-9-6(13)2-5(12)3-7(9)14/h2-3,15H,1H3,(H,17,18). The molecule has 0 saturated carbocycles. The Hall–Kier alpha value is -0.820. The first-order valence-corrected chi connectivity index (χ1v) is 7.33. The van der Waals surface area contributed by atoms with Crippen LogP contribution in [0.3, 0.4) is 0 Å². The van der Waals surface area contributed by atoms with E-state index in [4.69, 9.17) is 28.3 Å². The molecule has 2 rings (SSSR count). The lowest BCUT2D eigenvalue weighted by Crippen LogP contribution is -2.02. The molecule has 0 bridgehead atoms. The van der Waals surface area contributed by atoms with Crippen LogP contribution in [0.4, 0.5) is 10.7 Å². The summed E-state index contributed by atoms with van der Waals surface area (Å²) in [5.41, 5.74) is 1.03. The molecular weight excluding hydrogens is 375 g/mol. The van der Waals surface area contributed by atoms with Gasteiger partial charge in [0, 0.05) is 4.47 Å². The Morgan fingerprint density at radius 3 is 2.53 bits per heavy atom. The van der Waals surface area contributed by atoms with E-state index in [0.717, 1.165) is 16.0 Å². The molecule has 0 aliphatic rings. The van der Waals surface area contributed by atoms with Gasteiger partial charge < -0.3 is 10.4 Å². The summed E-state index contributed by atoms with van der Waals surface area (Å²) in [5, 5.41) is 13.3. The van der Waals surface area contributed by atoms with E-state index in [1.807, 2.05) is 0 Å². The number of carboxylic acid groups (broad SMARTS) is 1. The molecule has 4 nitrogen and oxygen atoms in total. The summed E-state index contributed by atoms with van der Waals surface area (Å²) in [6.45, 7) is 1.63. The van der Waals surface area contributed by atoms with Crippen molar-refractivity contribution >= 4 is 67.3 Å². The van der Waals surface area contributed by atoms with Crippen molar-refractivity contribution in [3.05, 3.63) is 37.9 Å². The van der Waals surface area contributed by atoms with Gasteiger partial charge in [0.05, 0.1) is 21.4 Å². The Morgan fingerprint density at radius 2 is 2.00 bits per heavy atom. The minimum Gasteiger partial charge on any atom is -0.478 e. The van der Waals surface area contributed by atoms with Gasteiger partial charge in [-0.3, -0.25) is 0 Å². The van der Waals surface area contributed by atoms with Crippen LogP contribution in [-0.4, -0.2) is 15.4 Å². The number of hydrogen-bond donors (Lipinski definition) is 2. The Labute approximate surface area is 131 Å². The molecular formula is C11H7BrCl2N2O2S. The molecule has 8 heteroatoms. The van der Waals surface area contributed by atoms with E-state index >= 15 is 0 Å². The highest BCUT2D eigenvalue weighted by Crippen LogP contribution is 2.38. The number of aromatic nitrogens is 1. The average molecular weight is 382 g/mol. The number of halogens is 3. The van der Waals surface area contributed by atoms with Crippen molar-refractivity contribution in [1.29, 1.82) is 0 Å². The highest BCUT2D eigenvalue weighted by atomic mass is 79.9. The third kappa shape index (κ3) is 3.02. The number of benzene rings is 1. The van der Waals surface area contributed by atoms with E-state index in [2.05, 4.69) is 25.6 Å². The number of rotatable bonds is 3. The van der Waals surface area contributed by atoms with E-state index in [-0.39, 0.29) is 5.56 Å². The predicted molar refractivity (Wildman–Crippen MR) is 81.3 cm³/mol. The molecule has 0 radical (unpaired) electrons. The van der Waals surface area contributed by atoms with Crippen molar-refractivity contribution in [3.63, 3.8) is 0 Å². The van der Waals surface area contributed by atoms with E-state index in [0.29, 0.717) is 26.4 Å². The van der Waals surface area contributed by atoms with Crippen LogP contribution in [0, 0.1) is 6.92 Å². The SMILES string of the molecule is Cc1nsc(Nc2c(Cl)cc(Br)cc2Cl)c1C(=O)O. The smallest absolute Gasteiger partial charge is 0.340 e. The van der Waals surface area contributed by atoms with Crippen LogP contribution in [0.25, 0.3) is 0 Å². The number of aromatic carboxylic acids is 1. The van der Waals surface area contributed by atoms with Crippen molar-refractivity contribution in [2.24, 2.45) is 0 Å². The molecule has 2 N–H and O–H groups in total. The number of anilines is 2. The first-order valence-electron chi connectivity index (χ1n) is 5.01. The van der Waals surface area contributed by atoms with Gasteiger partial charge in [0.2, 0.25) is 0 Å². The van der Waals surface area contributed by atoms with Crippen molar-refractivity contribution in [3.8, 4) is 0 Å². The molecule has 1 aromatic heterocycles. The highest BCUT2D eigenvalue weighted by molar-refractivity contribution is 9.10. The topological polar surface area (TPSA) is 62.2 Å². The van der Waals surface area contributed by atoms with Gasteiger partial charge in [-0.15, -0.1) is 0 Å². The number of nitrogens with one attached hydrogen (secondary N) is 1. The minimum atomic E-state index is -1.04. The van der Waals surface area contributed by atoms with Crippen LogP contribution in [0.1, 0.15) is 16.1 Å². The molecule has 1 aromatic carbocycles. The van der Waals surface area contributed by atoms with Crippen molar-refractivity contribution in [2.45, 2.75) is 6.92 Å². The molecule has 0 atom stereocenters. The van der Waals surface area contributed by atoms with Crippen LogP contribution < -0.4 is 5.32 Å². The lowest BCUT2D eigenvalue weighted by Gasteiger charge is -2.09. The first-order chi connectivity index (χ1) is 8.90. The zero-order chi connectivity index (χ0) is 14.2. The zero-order valence-electron chi connectivity index (χ0n) is 9.50. The second-order valence-electron chi connectivity index (χ2n) is 3.65. The minimum absolute atomic E-state index is 0.125. The van der Waals surface area contributed by atoms with Gasteiger partial charge in [0.1, 0.15) is 10.6 Å². The monoisotopic (exact) mass is 380 g/mol. The Balaban J connectivity index is 2.45. The Morgan fingerprint density at radius 1 is 1.42 bits per heavy atom. The lowest BCUT2D eigenvalue weighted by molar-refractivity contribution is 0.0697. The summed E-state index contributed by atoms with van der Waals surface area (Å²) in [4.78, 5) is 11.2. The Kier molecular flexibility index (Phi) is 4.35. The molecule has 1 heterocycles. The van der Waals surface area contributed by atoms with Gasteiger partial charge in [-0.1, -0.05) is 39.1 Å². The van der Waals surface area contributed by atoms with Gasteiger partial charge in [-0.05, 0) is 30.6 Å². The van der Waals surface area contributed by atoms with Crippen LogP contribution in [0.2, 0.25) is 10.0 Å². The van der Waals surface area contributed by atoms with Crippen LogP contribution in [0.15, 0.2) is 16.6 Å². The van der Waals surface area contributed by atoms with Crippen molar-refractivity contribution < 1.29 is 9.90 Å². The number of aryl methyl sites for hydroxylation is 1. The van der Waals surface area contributed by atoms with E-state index in [9.17, 15) is 4.79 Å². The highest BCUT2D eigenvalue weighted by Gasteiger charge is 2.19. The summed E-state index contributed by atoms with van der Waals surface area (Å²) in [5.74, 6) is -1.04. The van der Waals surface area contributed by atoms with Crippen LogP contribution in [-0.2, 0) is 0 Å². The average Bonchev–Trinajstić information content (AvgIpc) is 2.64. The maximum absolute atomic E-state index is 11.2. The fraction of sp³-hybridized carbons (Fsp3) is 0.0909. The third-order valence-electron chi connectivity index (χ3n) is 2.32. The van der Waals surface area contributed by atoms with Gasteiger partial charge in [-0.2, -0.15) is 4.37 Å². The van der Waals surface area contributed by atoms with Gasteiger partial charge >= 0.3 is 5.97 Å². The molecule has 2 aromatic rings. The lowest BCUT2D eigenvalue weighted by atomic mass is 10.2. The molecule has 0 amide bonds. The number of carbonyl (C=O) groups is 1. The fourth-order valence-corrected chi connectivity index (χ4v) is 3.58. The molecule has 100 valence electrons. The second-order valence-corrected chi connectivity index (χ2v) is 6.15. The van der Waals surface area contributed by atoms with Crippen molar-refractivity contribution in [1.82, 2.24) is 4.37 Å². The van der Waals surface area contributed by atoms with Crippen LogP contribution >= 0.6 is 50.7 Å².